The van der Waals surface area contributed by atoms with Crippen molar-refractivity contribution in [2.75, 3.05) is 26.2 Å². The topological polar surface area (TPSA) is 82.2 Å². The molecule has 7 heteroatoms. The van der Waals surface area contributed by atoms with Gasteiger partial charge in [-0.05, 0) is 37.0 Å². The minimum atomic E-state index is 0.0353. The third-order valence-electron chi connectivity index (χ3n) is 5.67. The van der Waals surface area contributed by atoms with Gasteiger partial charge in [0.15, 0.2) is 0 Å². The van der Waals surface area contributed by atoms with Crippen molar-refractivity contribution >= 4 is 22.8 Å². The first-order chi connectivity index (χ1) is 12.5. The minimum absolute atomic E-state index is 0.0353. The van der Waals surface area contributed by atoms with Crippen LogP contribution in [0.3, 0.4) is 0 Å². The maximum Gasteiger partial charge on any atom is 0.253 e. The lowest BCUT2D eigenvalue weighted by Gasteiger charge is -2.39. The van der Waals surface area contributed by atoms with Crippen LogP contribution in [-0.4, -0.2) is 63.2 Å². The Kier molecular flexibility index (Phi) is 4.17. The number of carbonyl (C=O) groups excluding carboxylic acids is 2. The number of aromatic amines is 1. The van der Waals surface area contributed by atoms with Gasteiger partial charge in [0.2, 0.25) is 5.91 Å². The van der Waals surface area contributed by atoms with E-state index in [1.54, 1.807) is 12.1 Å². The molecule has 1 aromatic heterocycles. The summed E-state index contributed by atoms with van der Waals surface area (Å²) in [6.07, 6.45) is 2.42. The zero-order valence-electron chi connectivity index (χ0n) is 15.4. The first kappa shape index (κ1) is 17.0. The van der Waals surface area contributed by atoms with Crippen LogP contribution in [0.4, 0.5) is 0 Å². The van der Waals surface area contributed by atoms with E-state index >= 15 is 0 Å². The summed E-state index contributed by atoms with van der Waals surface area (Å²) < 4.78 is 0. The minimum Gasteiger partial charge on any atom is -0.342 e. The molecule has 2 fully saturated rings. The standard InChI is InChI=1S/C19H25N5O2/c1-13(2)11-24-12-19(10-17(24)25)5-7-23(8-6-19)18(26)14-3-4-15-16(9-14)21-22-20-15/h3-4,9,13H,5-8,10-12H2,1-2H3,(H,20,21,22). The summed E-state index contributed by atoms with van der Waals surface area (Å²) in [7, 11) is 0. The van der Waals surface area contributed by atoms with Gasteiger partial charge in [-0.1, -0.05) is 13.8 Å². The molecular formula is C19H25N5O2. The third-order valence-corrected chi connectivity index (χ3v) is 5.67. The fourth-order valence-electron chi connectivity index (χ4n) is 4.26. The molecule has 0 saturated carbocycles. The summed E-state index contributed by atoms with van der Waals surface area (Å²) in [5, 5.41) is 10.6. The van der Waals surface area contributed by atoms with Crippen molar-refractivity contribution in [3.63, 3.8) is 0 Å². The number of H-pyrrole nitrogens is 1. The molecule has 7 nitrogen and oxygen atoms in total. The van der Waals surface area contributed by atoms with Crippen LogP contribution in [0.5, 0.6) is 0 Å². The second kappa shape index (κ2) is 6.37. The number of nitrogens with one attached hydrogen (secondary N) is 1. The number of rotatable bonds is 3. The van der Waals surface area contributed by atoms with Gasteiger partial charge in [-0.2, -0.15) is 15.4 Å². The van der Waals surface area contributed by atoms with Gasteiger partial charge in [-0.15, -0.1) is 0 Å². The van der Waals surface area contributed by atoms with Gasteiger partial charge in [-0.3, -0.25) is 9.59 Å². The monoisotopic (exact) mass is 355 g/mol. The third kappa shape index (κ3) is 3.06. The largest absolute Gasteiger partial charge is 0.342 e. The number of likely N-dealkylation sites (tertiary alicyclic amines) is 2. The molecule has 4 rings (SSSR count). The molecule has 1 N–H and O–H groups in total. The molecule has 26 heavy (non-hydrogen) atoms. The number of benzene rings is 1. The average Bonchev–Trinajstić information content (AvgIpc) is 3.19. The number of piperidine rings is 1. The van der Waals surface area contributed by atoms with Gasteiger partial charge in [0.25, 0.3) is 5.91 Å². The van der Waals surface area contributed by atoms with Crippen LogP contribution < -0.4 is 0 Å². The Morgan fingerprint density at radius 2 is 1.96 bits per heavy atom. The Labute approximate surface area is 152 Å². The van der Waals surface area contributed by atoms with Crippen molar-refractivity contribution in [2.24, 2.45) is 11.3 Å². The van der Waals surface area contributed by atoms with Gasteiger partial charge in [0.1, 0.15) is 11.0 Å². The molecule has 0 bridgehead atoms. The summed E-state index contributed by atoms with van der Waals surface area (Å²) >= 11 is 0. The summed E-state index contributed by atoms with van der Waals surface area (Å²) in [5.74, 6) is 0.797. The average molecular weight is 355 g/mol. The molecule has 3 heterocycles. The predicted octanol–water partition coefficient (Wildman–Crippen LogP) is 2.07. The molecule has 0 unspecified atom stereocenters. The van der Waals surface area contributed by atoms with Crippen molar-refractivity contribution in [2.45, 2.75) is 33.1 Å². The SMILES string of the molecule is CC(C)CN1CC2(CCN(C(=O)c3ccc4n[nH]nc4c3)CC2)CC1=O. The lowest BCUT2D eigenvalue weighted by atomic mass is 9.77. The maximum absolute atomic E-state index is 12.8. The molecule has 0 aliphatic carbocycles. The fraction of sp³-hybridized carbons (Fsp3) is 0.579. The fourth-order valence-corrected chi connectivity index (χ4v) is 4.26. The second-order valence-electron chi connectivity index (χ2n) is 8.16. The van der Waals surface area contributed by atoms with Gasteiger partial charge >= 0.3 is 0 Å². The van der Waals surface area contributed by atoms with E-state index in [1.165, 1.54) is 0 Å². The van der Waals surface area contributed by atoms with Crippen molar-refractivity contribution < 1.29 is 9.59 Å². The van der Waals surface area contributed by atoms with Crippen LogP contribution in [-0.2, 0) is 4.79 Å². The molecule has 138 valence electrons. The molecule has 0 radical (unpaired) electrons. The molecule has 2 aliphatic rings. The smallest absolute Gasteiger partial charge is 0.253 e. The van der Waals surface area contributed by atoms with Gasteiger partial charge < -0.3 is 9.80 Å². The summed E-state index contributed by atoms with van der Waals surface area (Å²) in [6.45, 7) is 7.38. The Morgan fingerprint density at radius 1 is 1.23 bits per heavy atom. The van der Waals surface area contributed by atoms with Crippen LogP contribution in [0.15, 0.2) is 18.2 Å². The highest BCUT2D eigenvalue weighted by molar-refractivity contribution is 5.97. The molecular weight excluding hydrogens is 330 g/mol. The number of hydrogen-bond acceptors (Lipinski definition) is 4. The van der Waals surface area contributed by atoms with E-state index in [2.05, 4.69) is 29.3 Å². The molecule has 2 aromatic rings. The Bertz CT molecular complexity index is 835. The zero-order valence-corrected chi connectivity index (χ0v) is 15.4. The number of carbonyl (C=O) groups is 2. The van der Waals surface area contributed by atoms with Crippen molar-refractivity contribution in [3.05, 3.63) is 23.8 Å². The van der Waals surface area contributed by atoms with Crippen LogP contribution in [0.25, 0.3) is 11.0 Å². The normalized spacial score (nSPS) is 19.9. The highest BCUT2D eigenvalue weighted by Crippen LogP contribution is 2.41. The van der Waals surface area contributed by atoms with Crippen molar-refractivity contribution in [3.8, 4) is 0 Å². The lowest BCUT2D eigenvalue weighted by molar-refractivity contribution is -0.128. The van der Waals surface area contributed by atoms with Crippen LogP contribution >= 0.6 is 0 Å². The molecule has 2 amide bonds. The van der Waals surface area contributed by atoms with Gasteiger partial charge in [-0.25, -0.2) is 0 Å². The molecule has 1 spiro atoms. The molecule has 0 atom stereocenters. The van der Waals surface area contributed by atoms with E-state index < -0.39 is 0 Å². The second-order valence-corrected chi connectivity index (χ2v) is 8.16. The number of nitrogens with zero attached hydrogens (tertiary/aromatic N) is 4. The van der Waals surface area contributed by atoms with Crippen molar-refractivity contribution in [1.82, 2.24) is 25.2 Å². The Morgan fingerprint density at radius 3 is 2.69 bits per heavy atom. The number of fused-ring (bicyclic) bond motifs is 1. The van der Waals surface area contributed by atoms with Crippen LogP contribution in [0.2, 0.25) is 0 Å². The summed E-state index contributed by atoms with van der Waals surface area (Å²) in [5.41, 5.74) is 2.16. The number of amides is 2. The predicted molar refractivity (Wildman–Crippen MR) is 97.5 cm³/mol. The van der Waals surface area contributed by atoms with Crippen molar-refractivity contribution in [1.29, 1.82) is 0 Å². The van der Waals surface area contributed by atoms with E-state index in [1.807, 2.05) is 15.9 Å². The van der Waals surface area contributed by atoms with E-state index in [9.17, 15) is 9.59 Å². The zero-order chi connectivity index (χ0) is 18.3. The number of hydrogen-bond donors (Lipinski definition) is 1. The first-order valence-electron chi connectivity index (χ1n) is 9.33. The Balaban J connectivity index is 1.41. The maximum atomic E-state index is 12.8. The molecule has 2 aliphatic heterocycles. The van der Waals surface area contributed by atoms with Crippen LogP contribution in [0, 0.1) is 11.3 Å². The van der Waals surface area contributed by atoms with Crippen LogP contribution in [0.1, 0.15) is 43.5 Å². The quantitative estimate of drug-likeness (QED) is 0.914. The van der Waals surface area contributed by atoms with E-state index in [4.69, 9.17) is 0 Å². The summed E-state index contributed by atoms with van der Waals surface area (Å²) in [6, 6.07) is 5.41. The molecule has 1 aromatic carbocycles. The van der Waals surface area contributed by atoms with Gasteiger partial charge in [0.05, 0.1) is 0 Å². The lowest BCUT2D eigenvalue weighted by Crippen LogP contribution is -2.44. The van der Waals surface area contributed by atoms with E-state index in [-0.39, 0.29) is 17.2 Å². The Hall–Kier alpha value is -2.44. The van der Waals surface area contributed by atoms with E-state index in [0.29, 0.717) is 36.5 Å². The highest BCUT2D eigenvalue weighted by atomic mass is 16.2. The summed E-state index contributed by atoms with van der Waals surface area (Å²) in [4.78, 5) is 29.1. The van der Waals surface area contributed by atoms with Gasteiger partial charge in [0, 0.05) is 43.6 Å². The van der Waals surface area contributed by atoms with E-state index in [0.717, 1.165) is 31.4 Å². The highest BCUT2D eigenvalue weighted by Gasteiger charge is 2.45. The first-order valence-corrected chi connectivity index (χ1v) is 9.33. The molecule has 2 saturated heterocycles. The number of aromatic nitrogens is 3.